The molecule has 3 heterocycles. The van der Waals surface area contributed by atoms with Gasteiger partial charge in [0.2, 0.25) is 5.69 Å². The molecule has 3 aliphatic rings. The third-order valence-electron chi connectivity index (χ3n) is 5.29. The summed E-state index contributed by atoms with van der Waals surface area (Å²) >= 11 is 0. The summed E-state index contributed by atoms with van der Waals surface area (Å²) in [5.74, 6) is 1.53. The van der Waals surface area contributed by atoms with Crippen molar-refractivity contribution in [3.63, 3.8) is 0 Å². The molecule has 1 aliphatic carbocycles. The van der Waals surface area contributed by atoms with Gasteiger partial charge in [-0.3, -0.25) is 0 Å². The monoisotopic (exact) mass is 338 g/mol. The van der Waals surface area contributed by atoms with E-state index in [0.29, 0.717) is 6.79 Å². The van der Waals surface area contributed by atoms with Gasteiger partial charge in [0.1, 0.15) is 19.0 Å². The van der Waals surface area contributed by atoms with Crippen LogP contribution in [0.25, 0.3) is 16.3 Å². The number of ether oxygens (including phenoxy) is 4. The molecule has 0 amide bonds. The molecule has 0 spiro atoms. The highest BCUT2D eigenvalue weighted by Crippen LogP contribution is 2.39. The van der Waals surface area contributed by atoms with Gasteiger partial charge in [0.05, 0.1) is 19.6 Å². The van der Waals surface area contributed by atoms with Crippen molar-refractivity contribution in [1.29, 1.82) is 0 Å². The van der Waals surface area contributed by atoms with E-state index in [0.717, 1.165) is 35.2 Å². The quantitative estimate of drug-likeness (QED) is 0.790. The van der Waals surface area contributed by atoms with E-state index in [1.807, 2.05) is 6.07 Å². The Bertz CT molecular complexity index is 931. The first kappa shape index (κ1) is 14.9. The maximum Gasteiger partial charge on any atom is 0.213 e. The lowest BCUT2D eigenvalue weighted by Gasteiger charge is -2.24. The molecule has 2 atom stereocenters. The number of benzene rings is 1. The average Bonchev–Trinajstić information content (AvgIpc) is 3.11. The second kappa shape index (κ2) is 5.58. The number of hydrogen-bond acceptors (Lipinski definition) is 4. The van der Waals surface area contributed by atoms with Gasteiger partial charge in [-0.1, -0.05) is 0 Å². The number of hydrogen-bond donors (Lipinski definition) is 0. The number of nitrogens with zero attached hydrogens (tertiary/aromatic N) is 1. The van der Waals surface area contributed by atoms with Crippen molar-refractivity contribution in [3.05, 3.63) is 47.8 Å². The molecule has 2 unspecified atom stereocenters. The van der Waals surface area contributed by atoms with Crippen molar-refractivity contribution in [2.75, 3.05) is 21.0 Å². The molecule has 0 bridgehead atoms. The summed E-state index contributed by atoms with van der Waals surface area (Å²) in [6.45, 7) is 1.31. The maximum absolute atomic E-state index is 5.69. The maximum atomic E-state index is 5.69. The number of aryl methyl sites for hydroxylation is 1. The van der Waals surface area contributed by atoms with Crippen molar-refractivity contribution in [2.45, 2.75) is 25.2 Å². The topological polar surface area (TPSA) is 40.8 Å². The largest absolute Gasteiger partial charge is 0.493 e. The fraction of sp³-hybridized carbons (Fsp3) is 0.350. The first-order valence-electron chi connectivity index (χ1n) is 8.53. The predicted molar refractivity (Wildman–Crippen MR) is 92.5 cm³/mol. The van der Waals surface area contributed by atoms with Gasteiger partial charge in [-0.25, -0.2) is 0 Å². The molecule has 1 saturated heterocycles. The Kier molecular flexibility index (Phi) is 3.33. The molecule has 1 fully saturated rings. The standard InChI is InChI=1S/C20H20NO4/c1-22-17-4-3-12-7-16-14-9-19-18(24-11-25-19)8-13(14)5-6-21(16)10-15(12)20(17)23-2/h3-4,7-10,18-19H,5-6,11H2,1-2H3/q+1. The van der Waals surface area contributed by atoms with E-state index in [4.69, 9.17) is 18.9 Å². The highest BCUT2D eigenvalue weighted by Gasteiger charge is 2.36. The molecule has 5 heteroatoms. The smallest absolute Gasteiger partial charge is 0.213 e. The number of aromatic nitrogens is 1. The van der Waals surface area contributed by atoms with Gasteiger partial charge in [0.25, 0.3) is 0 Å². The Balaban J connectivity index is 1.69. The van der Waals surface area contributed by atoms with Crippen LogP contribution in [0, 0.1) is 0 Å². The minimum atomic E-state index is 0.0198. The van der Waals surface area contributed by atoms with Crippen molar-refractivity contribution in [3.8, 4) is 11.5 Å². The second-order valence-electron chi connectivity index (χ2n) is 6.56. The van der Waals surface area contributed by atoms with Crippen LogP contribution < -0.4 is 14.0 Å². The van der Waals surface area contributed by atoms with Crippen LogP contribution in [0.15, 0.2) is 42.1 Å². The Labute approximate surface area is 146 Å². The second-order valence-corrected chi connectivity index (χ2v) is 6.56. The van der Waals surface area contributed by atoms with Gasteiger partial charge in [0.15, 0.2) is 24.2 Å². The van der Waals surface area contributed by atoms with Crippen LogP contribution in [-0.2, 0) is 16.0 Å². The summed E-state index contributed by atoms with van der Waals surface area (Å²) in [5, 5.41) is 2.20. The van der Waals surface area contributed by atoms with Gasteiger partial charge < -0.3 is 18.9 Å². The molecule has 25 heavy (non-hydrogen) atoms. The molecule has 128 valence electrons. The molecule has 0 saturated carbocycles. The molecule has 5 nitrogen and oxygen atoms in total. The Morgan fingerprint density at radius 2 is 1.92 bits per heavy atom. The number of pyridine rings is 1. The average molecular weight is 338 g/mol. The first-order valence-corrected chi connectivity index (χ1v) is 8.53. The SMILES string of the molecule is COc1ccc2cc3[n+](cc2c1OC)CCC1=CC2OCOC2C=C13. The summed E-state index contributed by atoms with van der Waals surface area (Å²) in [4.78, 5) is 0. The van der Waals surface area contributed by atoms with E-state index in [1.54, 1.807) is 14.2 Å². The fourth-order valence-electron chi connectivity index (χ4n) is 4.04. The van der Waals surface area contributed by atoms with Crippen LogP contribution in [0.2, 0.25) is 0 Å². The molecule has 0 N–H and O–H groups in total. The summed E-state index contributed by atoms with van der Waals surface area (Å²) in [7, 11) is 3.35. The van der Waals surface area contributed by atoms with Crippen LogP contribution in [0.4, 0.5) is 0 Å². The molecular weight excluding hydrogens is 318 g/mol. The van der Waals surface area contributed by atoms with E-state index in [1.165, 1.54) is 16.8 Å². The zero-order valence-electron chi connectivity index (χ0n) is 14.3. The van der Waals surface area contributed by atoms with Crippen LogP contribution in [0.5, 0.6) is 11.5 Å². The number of fused-ring (bicyclic) bond motifs is 5. The minimum Gasteiger partial charge on any atom is -0.493 e. The molecule has 5 rings (SSSR count). The highest BCUT2D eigenvalue weighted by atomic mass is 16.7. The van der Waals surface area contributed by atoms with Gasteiger partial charge in [-0.05, 0) is 35.2 Å². The van der Waals surface area contributed by atoms with Gasteiger partial charge >= 0.3 is 0 Å². The number of rotatable bonds is 2. The lowest BCUT2D eigenvalue weighted by molar-refractivity contribution is -0.699. The molecule has 2 aromatic rings. The van der Waals surface area contributed by atoms with E-state index in [-0.39, 0.29) is 12.2 Å². The van der Waals surface area contributed by atoms with Crippen molar-refractivity contribution in [2.24, 2.45) is 0 Å². The third-order valence-corrected chi connectivity index (χ3v) is 5.29. The Morgan fingerprint density at radius 1 is 1.08 bits per heavy atom. The van der Waals surface area contributed by atoms with Crippen LogP contribution in [-0.4, -0.2) is 33.2 Å². The molecule has 0 radical (unpaired) electrons. The highest BCUT2D eigenvalue weighted by molar-refractivity contribution is 5.92. The van der Waals surface area contributed by atoms with Gasteiger partial charge in [-0.15, -0.1) is 0 Å². The molecule has 1 aromatic carbocycles. The van der Waals surface area contributed by atoms with Gasteiger partial charge in [0, 0.05) is 18.1 Å². The van der Waals surface area contributed by atoms with Crippen LogP contribution in [0.3, 0.4) is 0 Å². The van der Waals surface area contributed by atoms with E-state index in [9.17, 15) is 0 Å². The van der Waals surface area contributed by atoms with Crippen molar-refractivity contribution < 1.29 is 23.5 Å². The van der Waals surface area contributed by atoms with E-state index in [2.05, 4.69) is 35.0 Å². The molecule has 2 aliphatic heterocycles. The zero-order valence-corrected chi connectivity index (χ0v) is 14.3. The van der Waals surface area contributed by atoms with Crippen molar-refractivity contribution >= 4 is 16.3 Å². The summed E-state index contributed by atoms with van der Waals surface area (Å²) < 4.78 is 24.7. The van der Waals surface area contributed by atoms with E-state index < -0.39 is 0 Å². The lowest BCUT2D eigenvalue weighted by atomic mass is 9.87. The van der Waals surface area contributed by atoms with Crippen molar-refractivity contribution in [1.82, 2.24) is 0 Å². The number of allylic oxidation sites excluding steroid dienone is 2. The zero-order chi connectivity index (χ0) is 17.0. The van der Waals surface area contributed by atoms with Crippen LogP contribution >= 0.6 is 0 Å². The molecular formula is C20H20NO4+. The minimum absolute atomic E-state index is 0.0198. The van der Waals surface area contributed by atoms with Crippen LogP contribution in [0.1, 0.15) is 12.1 Å². The Hall–Kier alpha value is -2.37. The summed E-state index contributed by atoms with van der Waals surface area (Å²) in [6.07, 6.45) is 7.69. The first-order chi connectivity index (χ1) is 12.3. The Morgan fingerprint density at radius 3 is 2.72 bits per heavy atom. The predicted octanol–water partition coefficient (Wildman–Crippen LogP) is 2.61. The molecule has 1 aromatic heterocycles. The van der Waals surface area contributed by atoms with Gasteiger partial charge in [-0.2, -0.15) is 4.57 Å². The summed E-state index contributed by atoms with van der Waals surface area (Å²) in [6, 6.07) is 6.26. The van der Waals surface area contributed by atoms with E-state index >= 15 is 0 Å². The summed E-state index contributed by atoms with van der Waals surface area (Å²) in [5.41, 5.74) is 3.83. The normalized spacial score (nSPS) is 24.1. The number of methoxy groups -OCH3 is 2. The third kappa shape index (κ3) is 2.19. The fourth-order valence-corrected chi connectivity index (χ4v) is 4.04. The lowest BCUT2D eigenvalue weighted by Crippen LogP contribution is -2.42.